The normalized spacial score (nSPS) is 19.3. The summed E-state index contributed by atoms with van der Waals surface area (Å²) in [5.74, 6) is -2.26. The average molecular weight is 357 g/mol. The van der Waals surface area contributed by atoms with Gasteiger partial charge in [-0.3, -0.25) is 19.8 Å². The Balaban J connectivity index is 1.62. The van der Waals surface area contributed by atoms with E-state index >= 15 is 0 Å². The second-order valence-electron chi connectivity index (χ2n) is 6.34. The quantitative estimate of drug-likeness (QED) is 0.320. The number of hydrogen-bond donors (Lipinski definition) is 6. The number of amides is 2. The molecule has 1 aromatic carbocycles. The van der Waals surface area contributed by atoms with Crippen molar-refractivity contribution in [1.82, 2.24) is 15.6 Å². The zero-order valence-corrected chi connectivity index (χ0v) is 13.8. The van der Waals surface area contributed by atoms with Gasteiger partial charge in [0.05, 0.1) is 12.3 Å². The maximum Gasteiger partial charge on any atom is 0.304 e. The Kier molecular flexibility index (Phi) is 4.61. The van der Waals surface area contributed by atoms with Crippen LogP contribution in [0.5, 0.6) is 0 Å². The number of carbonyl (C=O) groups is 3. The van der Waals surface area contributed by atoms with Gasteiger partial charge < -0.3 is 26.5 Å². The van der Waals surface area contributed by atoms with E-state index in [-0.39, 0.29) is 36.7 Å². The highest BCUT2D eigenvalue weighted by atomic mass is 16.4. The minimum Gasteiger partial charge on any atom is -0.481 e. The van der Waals surface area contributed by atoms with Crippen LogP contribution in [-0.4, -0.2) is 46.3 Å². The number of hydrogen-bond acceptors (Lipinski definition) is 4. The maximum atomic E-state index is 12.3. The van der Waals surface area contributed by atoms with Gasteiger partial charge in [0.2, 0.25) is 5.91 Å². The summed E-state index contributed by atoms with van der Waals surface area (Å²) < 4.78 is 0. The number of amidine groups is 1. The highest BCUT2D eigenvalue weighted by molar-refractivity contribution is 6.01. The molecule has 1 saturated heterocycles. The number of nitrogen functional groups attached to an aromatic ring is 1. The van der Waals surface area contributed by atoms with Gasteiger partial charge in [-0.05, 0) is 18.6 Å². The standard InChI is InChI=1S/C17H19N5O4/c18-15(19)9-2-1-8-4-13(22-12(8)5-9)17(26)20-7-11-3-10(6-14(23)24)16(25)21-11/h1-2,4-5,10-11,22H,3,6-7H2,(H3,18,19)(H,20,26)(H,21,25)(H,23,24). The summed E-state index contributed by atoms with van der Waals surface area (Å²) in [6.07, 6.45) is 0.164. The zero-order chi connectivity index (χ0) is 18.8. The van der Waals surface area contributed by atoms with Crippen LogP contribution in [0.1, 0.15) is 28.9 Å². The van der Waals surface area contributed by atoms with E-state index in [0.717, 1.165) is 5.39 Å². The summed E-state index contributed by atoms with van der Waals surface area (Å²) in [4.78, 5) is 37.7. The van der Waals surface area contributed by atoms with Crippen molar-refractivity contribution in [2.45, 2.75) is 18.9 Å². The van der Waals surface area contributed by atoms with Crippen LogP contribution < -0.4 is 16.4 Å². The Labute approximate surface area is 148 Å². The third-order valence-electron chi connectivity index (χ3n) is 4.39. The van der Waals surface area contributed by atoms with Gasteiger partial charge in [-0.1, -0.05) is 12.1 Å². The van der Waals surface area contributed by atoms with Gasteiger partial charge in [0.1, 0.15) is 11.5 Å². The van der Waals surface area contributed by atoms with Gasteiger partial charge in [-0.2, -0.15) is 0 Å². The maximum absolute atomic E-state index is 12.3. The van der Waals surface area contributed by atoms with Crippen molar-refractivity contribution < 1.29 is 19.5 Å². The number of carboxylic acids is 1. The van der Waals surface area contributed by atoms with Crippen LogP contribution >= 0.6 is 0 Å². The fraction of sp³-hybridized carbons (Fsp3) is 0.294. The molecule has 0 radical (unpaired) electrons. The van der Waals surface area contributed by atoms with Crippen molar-refractivity contribution in [3.8, 4) is 0 Å². The highest BCUT2D eigenvalue weighted by Gasteiger charge is 2.33. The largest absolute Gasteiger partial charge is 0.481 e. The first kappa shape index (κ1) is 17.5. The lowest BCUT2D eigenvalue weighted by Crippen LogP contribution is -2.38. The summed E-state index contributed by atoms with van der Waals surface area (Å²) in [5.41, 5.74) is 7.07. The number of H-pyrrole nitrogens is 1. The Morgan fingerprint density at radius 1 is 1.35 bits per heavy atom. The van der Waals surface area contributed by atoms with E-state index in [1.54, 1.807) is 24.3 Å². The molecule has 0 aliphatic carbocycles. The van der Waals surface area contributed by atoms with E-state index in [9.17, 15) is 14.4 Å². The monoisotopic (exact) mass is 357 g/mol. The van der Waals surface area contributed by atoms with Crippen molar-refractivity contribution in [3.63, 3.8) is 0 Å². The predicted octanol–water partition coefficient (Wildman–Crippen LogP) is 0.161. The fourth-order valence-corrected chi connectivity index (χ4v) is 3.08. The number of rotatable bonds is 6. The van der Waals surface area contributed by atoms with Gasteiger partial charge in [-0.25, -0.2) is 0 Å². The van der Waals surface area contributed by atoms with Crippen molar-refractivity contribution in [2.75, 3.05) is 6.54 Å². The topological polar surface area (TPSA) is 161 Å². The Bertz CT molecular complexity index is 904. The van der Waals surface area contributed by atoms with Gasteiger partial charge >= 0.3 is 5.97 Å². The van der Waals surface area contributed by atoms with Crippen molar-refractivity contribution >= 4 is 34.5 Å². The number of nitrogens with two attached hydrogens (primary N) is 1. The summed E-state index contributed by atoms with van der Waals surface area (Å²) in [6, 6.07) is 6.57. The molecule has 26 heavy (non-hydrogen) atoms. The van der Waals surface area contributed by atoms with Crippen LogP contribution in [0.25, 0.3) is 10.9 Å². The third kappa shape index (κ3) is 3.66. The van der Waals surface area contributed by atoms with E-state index < -0.39 is 11.9 Å². The van der Waals surface area contributed by atoms with Crippen molar-refractivity contribution in [2.24, 2.45) is 11.7 Å². The molecule has 0 spiro atoms. The highest BCUT2D eigenvalue weighted by Crippen LogP contribution is 2.19. The van der Waals surface area contributed by atoms with E-state index in [4.69, 9.17) is 16.2 Å². The van der Waals surface area contributed by atoms with Crippen LogP contribution in [-0.2, 0) is 9.59 Å². The minimum atomic E-state index is -1.02. The first-order valence-electron chi connectivity index (χ1n) is 8.11. The number of aliphatic carboxylic acids is 1. The molecular weight excluding hydrogens is 338 g/mol. The lowest BCUT2D eigenvalue weighted by atomic mass is 10.0. The second-order valence-corrected chi connectivity index (χ2v) is 6.34. The molecule has 2 heterocycles. The molecule has 9 heteroatoms. The van der Waals surface area contributed by atoms with E-state index in [1.165, 1.54) is 0 Å². The van der Waals surface area contributed by atoms with Crippen molar-refractivity contribution in [3.05, 3.63) is 35.5 Å². The van der Waals surface area contributed by atoms with Crippen LogP contribution in [0, 0.1) is 11.3 Å². The number of aromatic amines is 1. The lowest BCUT2D eigenvalue weighted by molar-refractivity contribution is -0.140. The molecule has 1 aliphatic heterocycles. The van der Waals surface area contributed by atoms with Gasteiger partial charge in [0.25, 0.3) is 5.91 Å². The second kappa shape index (κ2) is 6.87. The molecule has 2 unspecified atom stereocenters. The number of nitrogens with one attached hydrogen (secondary N) is 4. The summed E-state index contributed by atoms with van der Waals surface area (Å²) in [6.45, 7) is 0.217. The van der Waals surface area contributed by atoms with E-state index in [1.807, 2.05) is 0 Å². The number of aromatic nitrogens is 1. The molecule has 7 N–H and O–H groups in total. The predicted molar refractivity (Wildman–Crippen MR) is 93.9 cm³/mol. The smallest absolute Gasteiger partial charge is 0.304 e. The molecule has 1 aliphatic rings. The summed E-state index contributed by atoms with van der Waals surface area (Å²) in [5, 5.41) is 22.5. The van der Waals surface area contributed by atoms with E-state index in [0.29, 0.717) is 23.2 Å². The number of carbonyl (C=O) groups excluding carboxylic acids is 2. The summed E-state index contributed by atoms with van der Waals surface area (Å²) in [7, 11) is 0. The molecule has 1 fully saturated rings. The lowest BCUT2D eigenvalue weighted by Gasteiger charge is -2.10. The fourth-order valence-electron chi connectivity index (χ4n) is 3.08. The zero-order valence-electron chi connectivity index (χ0n) is 13.8. The van der Waals surface area contributed by atoms with Crippen LogP contribution in [0.4, 0.5) is 0 Å². The first-order valence-corrected chi connectivity index (χ1v) is 8.11. The Hall–Kier alpha value is -3.36. The molecule has 3 rings (SSSR count). The molecule has 9 nitrogen and oxygen atoms in total. The molecule has 136 valence electrons. The third-order valence-corrected chi connectivity index (χ3v) is 4.39. The van der Waals surface area contributed by atoms with Crippen molar-refractivity contribution in [1.29, 1.82) is 5.41 Å². The minimum absolute atomic E-state index is 0.0552. The molecule has 2 amide bonds. The SMILES string of the molecule is N=C(N)c1ccc2cc(C(=O)NCC3CC(CC(=O)O)C(=O)N3)[nH]c2c1. The first-order chi connectivity index (χ1) is 12.3. The van der Waals surface area contributed by atoms with Gasteiger partial charge in [0, 0.05) is 29.1 Å². The molecule has 2 aromatic rings. The van der Waals surface area contributed by atoms with Crippen LogP contribution in [0.15, 0.2) is 24.3 Å². The summed E-state index contributed by atoms with van der Waals surface area (Å²) >= 11 is 0. The van der Waals surface area contributed by atoms with Crippen LogP contribution in [0.2, 0.25) is 0 Å². The Morgan fingerprint density at radius 2 is 2.12 bits per heavy atom. The van der Waals surface area contributed by atoms with Gasteiger partial charge in [-0.15, -0.1) is 0 Å². The van der Waals surface area contributed by atoms with Gasteiger partial charge in [0.15, 0.2) is 0 Å². The number of carboxylic acid groups (broad SMARTS) is 1. The average Bonchev–Trinajstić information content (AvgIpc) is 3.15. The number of fused-ring (bicyclic) bond motifs is 1. The molecule has 0 saturated carbocycles. The molecular formula is C17H19N5O4. The molecule has 1 aromatic heterocycles. The molecule has 2 atom stereocenters. The van der Waals surface area contributed by atoms with Crippen LogP contribution in [0.3, 0.4) is 0 Å². The van der Waals surface area contributed by atoms with E-state index in [2.05, 4.69) is 15.6 Å². The number of benzene rings is 1. The Morgan fingerprint density at radius 3 is 2.81 bits per heavy atom. The molecule has 0 bridgehead atoms.